The molecule has 5 heteroatoms. The minimum absolute atomic E-state index is 0.186. The van der Waals surface area contributed by atoms with Crippen molar-refractivity contribution in [2.24, 2.45) is 0 Å². The highest BCUT2D eigenvalue weighted by molar-refractivity contribution is 5.68. The lowest BCUT2D eigenvalue weighted by Gasteiger charge is -2.36. The number of carbonyl (C=O) groups is 1. The summed E-state index contributed by atoms with van der Waals surface area (Å²) in [7, 11) is 1.89. The molecule has 5 nitrogen and oxygen atoms in total. The normalized spacial score (nSPS) is 34.1. The van der Waals surface area contributed by atoms with Crippen molar-refractivity contribution in [3.05, 3.63) is 0 Å². The molecule has 144 valence electrons. The van der Waals surface area contributed by atoms with E-state index in [2.05, 4.69) is 17.1 Å². The summed E-state index contributed by atoms with van der Waals surface area (Å²) in [5, 5.41) is 3.91. The molecule has 1 amide bonds. The van der Waals surface area contributed by atoms with Crippen LogP contribution in [-0.4, -0.2) is 65.3 Å². The van der Waals surface area contributed by atoms with Crippen LogP contribution in [0, 0.1) is 0 Å². The summed E-state index contributed by atoms with van der Waals surface area (Å²) in [6.45, 7) is 9.38. The zero-order valence-corrected chi connectivity index (χ0v) is 16.8. The molecule has 3 rings (SSSR count). The lowest BCUT2D eigenvalue weighted by molar-refractivity contribution is 0.0178. The highest BCUT2D eigenvalue weighted by atomic mass is 16.6. The number of hydrogen-bond acceptors (Lipinski definition) is 4. The number of likely N-dealkylation sites (tertiary alicyclic amines) is 1. The monoisotopic (exact) mass is 351 g/mol. The molecule has 1 N–H and O–H groups in total. The molecule has 0 aromatic rings. The Kier molecular flexibility index (Phi) is 5.64. The predicted molar refractivity (Wildman–Crippen MR) is 101 cm³/mol. The Morgan fingerprint density at radius 3 is 2.28 bits per heavy atom. The first-order valence-corrected chi connectivity index (χ1v) is 10.2. The number of carbonyl (C=O) groups excluding carboxylic acids is 1. The maximum absolute atomic E-state index is 12.2. The maximum Gasteiger partial charge on any atom is 0.410 e. The molecule has 2 unspecified atom stereocenters. The first kappa shape index (κ1) is 19.0. The van der Waals surface area contributed by atoms with E-state index >= 15 is 0 Å². The van der Waals surface area contributed by atoms with Crippen molar-refractivity contribution in [3.63, 3.8) is 0 Å². The summed E-state index contributed by atoms with van der Waals surface area (Å²) in [6, 6.07) is 3.19. The average molecular weight is 352 g/mol. The minimum Gasteiger partial charge on any atom is -0.444 e. The fourth-order valence-corrected chi connectivity index (χ4v) is 4.54. The van der Waals surface area contributed by atoms with E-state index in [4.69, 9.17) is 4.74 Å². The van der Waals surface area contributed by atoms with Crippen molar-refractivity contribution >= 4 is 6.09 Å². The van der Waals surface area contributed by atoms with Crippen LogP contribution in [0.3, 0.4) is 0 Å². The van der Waals surface area contributed by atoms with Gasteiger partial charge in [0.1, 0.15) is 5.60 Å². The summed E-state index contributed by atoms with van der Waals surface area (Å²) in [4.78, 5) is 16.8. The Balaban J connectivity index is 1.40. The number of nitrogens with zero attached hydrogens (tertiary/aromatic N) is 2. The summed E-state index contributed by atoms with van der Waals surface area (Å²) in [5.74, 6) is 0. The van der Waals surface area contributed by atoms with Crippen LogP contribution in [0.1, 0.15) is 72.6 Å². The van der Waals surface area contributed by atoms with Gasteiger partial charge in [0.15, 0.2) is 0 Å². The number of ether oxygens (including phenoxy) is 1. The second-order valence-electron chi connectivity index (χ2n) is 9.47. The maximum atomic E-state index is 12.2. The molecule has 2 saturated carbocycles. The number of rotatable bonds is 4. The van der Waals surface area contributed by atoms with Crippen molar-refractivity contribution in [1.29, 1.82) is 0 Å². The molecular weight excluding hydrogens is 314 g/mol. The highest BCUT2D eigenvalue weighted by Crippen LogP contribution is 2.34. The van der Waals surface area contributed by atoms with Crippen LogP contribution >= 0.6 is 0 Å². The molecule has 1 heterocycles. The first-order valence-electron chi connectivity index (χ1n) is 10.2. The van der Waals surface area contributed by atoms with Crippen LogP contribution in [0.25, 0.3) is 0 Å². The third kappa shape index (κ3) is 5.10. The molecule has 2 atom stereocenters. The van der Waals surface area contributed by atoms with Gasteiger partial charge in [0, 0.05) is 43.8 Å². The minimum atomic E-state index is -0.420. The number of amides is 1. The summed E-state index contributed by atoms with van der Waals surface area (Å²) < 4.78 is 5.50. The smallest absolute Gasteiger partial charge is 0.410 e. The van der Waals surface area contributed by atoms with Gasteiger partial charge in [-0.05, 0) is 72.6 Å². The van der Waals surface area contributed by atoms with Gasteiger partial charge >= 0.3 is 6.09 Å². The second kappa shape index (κ2) is 7.43. The first-order chi connectivity index (χ1) is 11.7. The SMILES string of the molecule is CC1CC(NC2CCC(N(C)C(=O)OC(C)(C)C)CC2)CN1C1CC1. The van der Waals surface area contributed by atoms with Crippen LogP contribution in [0.4, 0.5) is 4.79 Å². The van der Waals surface area contributed by atoms with E-state index in [1.165, 1.54) is 25.8 Å². The van der Waals surface area contributed by atoms with Gasteiger partial charge in [-0.15, -0.1) is 0 Å². The van der Waals surface area contributed by atoms with Crippen molar-refractivity contribution in [3.8, 4) is 0 Å². The van der Waals surface area contributed by atoms with E-state index in [0.717, 1.165) is 37.8 Å². The zero-order valence-electron chi connectivity index (χ0n) is 16.8. The van der Waals surface area contributed by atoms with Crippen molar-refractivity contribution < 1.29 is 9.53 Å². The van der Waals surface area contributed by atoms with E-state index in [1.54, 1.807) is 0 Å². The number of hydrogen-bond donors (Lipinski definition) is 1. The van der Waals surface area contributed by atoms with Crippen molar-refractivity contribution in [1.82, 2.24) is 15.1 Å². The van der Waals surface area contributed by atoms with E-state index in [9.17, 15) is 4.79 Å². The largest absolute Gasteiger partial charge is 0.444 e. The molecule has 3 aliphatic rings. The van der Waals surface area contributed by atoms with Gasteiger partial charge < -0.3 is 15.0 Å². The van der Waals surface area contributed by atoms with Gasteiger partial charge in [-0.25, -0.2) is 4.79 Å². The quantitative estimate of drug-likeness (QED) is 0.843. The highest BCUT2D eigenvalue weighted by Gasteiger charge is 2.39. The van der Waals surface area contributed by atoms with E-state index < -0.39 is 5.60 Å². The zero-order chi connectivity index (χ0) is 18.2. The van der Waals surface area contributed by atoms with Gasteiger partial charge in [0.05, 0.1) is 0 Å². The molecule has 0 bridgehead atoms. The van der Waals surface area contributed by atoms with Crippen LogP contribution in [0.15, 0.2) is 0 Å². The van der Waals surface area contributed by atoms with Gasteiger partial charge in [-0.1, -0.05) is 0 Å². The van der Waals surface area contributed by atoms with Gasteiger partial charge in [0.25, 0.3) is 0 Å². The van der Waals surface area contributed by atoms with Crippen LogP contribution < -0.4 is 5.32 Å². The lowest BCUT2D eigenvalue weighted by atomic mass is 9.90. The molecule has 1 aliphatic heterocycles. The lowest BCUT2D eigenvalue weighted by Crippen LogP contribution is -2.47. The van der Waals surface area contributed by atoms with E-state index in [1.807, 2.05) is 32.7 Å². The average Bonchev–Trinajstić information content (AvgIpc) is 3.30. The molecule has 25 heavy (non-hydrogen) atoms. The molecule has 0 aromatic carbocycles. The summed E-state index contributed by atoms with van der Waals surface area (Å²) in [6.07, 6.45) is 8.36. The summed E-state index contributed by atoms with van der Waals surface area (Å²) in [5.41, 5.74) is -0.420. The molecule has 2 aliphatic carbocycles. The molecular formula is C20H37N3O2. The molecule has 0 radical (unpaired) electrons. The van der Waals surface area contributed by atoms with Crippen LogP contribution in [0.5, 0.6) is 0 Å². The number of nitrogens with one attached hydrogen (secondary N) is 1. The molecule has 3 fully saturated rings. The Morgan fingerprint density at radius 2 is 1.72 bits per heavy atom. The third-order valence-electron chi connectivity index (χ3n) is 6.04. The third-order valence-corrected chi connectivity index (χ3v) is 6.04. The molecule has 0 spiro atoms. The van der Waals surface area contributed by atoms with E-state index in [-0.39, 0.29) is 6.09 Å². The Morgan fingerprint density at radius 1 is 1.08 bits per heavy atom. The van der Waals surface area contributed by atoms with Crippen molar-refractivity contribution in [2.45, 2.75) is 108 Å². The van der Waals surface area contributed by atoms with E-state index in [0.29, 0.717) is 18.1 Å². The summed E-state index contributed by atoms with van der Waals surface area (Å²) >= 11 is 0. The molecule has 0 aromatic heterocycles. The topological polar surface area (TPSA) is 44.8 Å². The fourth-order valence-electron chi connectivity index (χ4n) is 4.54. The second-order valence-corrected chi connectivity index (χ2v) is 9.47. The predicted octanol–water partition coefficient (Wildman–Crippen LogP) is 3.38. The van der Waals surface area contributed by atoms with Crippen molar-refractivity contribution in [2.75, 3.05) is 13.6 Å². The standard InChI is InChI=1S/C20H37N3O2/c1-14-12-16(13-23(14)18-10-11-18)21-15-6-8-17(9-7-15)22(5)19(24)25-20(2,3)4/h14-18,21H,6-13H2,1-5H3. The van der Waals surface area contributed by atoms with Gasteiger partial charge in [0.2, 0.25) is 0 Å². The molecule has 1 saturated heterocycles. The Labute approximate surface area is 153 Å². The van der Waals surface area contributed by atoms with Gasteiger partial charge in [-0.2, -0.15) is 0 Å². The van der Waals surface area contributed by atoms with Crippen LogP contribution in [-0.2, 0) is 4.74 Å². The fraction of sp³-hybridized carbons (Fsp3) is 0.950. The van der Waals surface area contributed by atoms with Crippen LogP contribution in [0.2, 0.25) is 0 Å². The Hall–Kier alpha value is -0.810. The van der Waals surface area contributed by atoms with Gasteiger partial charge in [-0.3, -0.25) is 4.90 Å². The Bertz CT molecular complexity index is 464.